The average molecular weight is 405 g/mol. The third-order valence-electron chi connectivity index (χ3n) is 4.61. The summed E-state index contributed by atoms with van der Waals surface area (Å²) in [6.07, 6.45) is -0.0341. The molecule has 0 bridgehead atoms. The Morgan fingerprint density at radius 2 is 1.97 bits per heavy atom. The summed E-state index contributed by atoms with van der Waals surface area (Å²) < 4.78 is 43.7. The minimum absolute atomic E-state index is 0.171. The number of nitrogens with zero attached hydrogens (tertiary/aromatic N) is 1. The zero-order chi connectivity index (χ0) is 21.0. The molecule has 0 aromatic heterocycles. The van der Waals surface area contributed by atoms with Crippen molar-refractivity contribution >= 4 is 17.7 Å². The van der Waals surface area contributed by atoms with E-state index in [1.807, 2.05) is 30.3 Å². The van der Waals surface area contributed by atoms with Gasteiger partial charge in [-0.2, -0.15) is 8.78 Å². The van der Waals surface area contributed by atoms with E-state index in [-0.39, 0.29) is 25.0 Å². The summed E-state index contributed by atoms with van der Waals surface area (Å²) in [4.78, 5) is 25.4. The molecule has 3 rings (SSSR count). The highest BCUT2D eigenvalue weighted by Crippen LogP contribution is 2.39. The highest BCUT2D eigenvalue weighted by molar-refractivity contribution is 5.91. The van der Waals surface area contributed by atoms with Crippen LogP contribution in [0.15, 0.2) is 48.5 Å². The van der Waals surface area contributed by atoms with E-state index < -0.39 is 23.5 Å². The fourth-order valence-electron chi connectivity index (χ4n) is 3.23. The number of rotatable bonds is 7. The molecule has 1 aliphatic rings. The summed E-state index contributed by atoms with van der Waals surface area (Å²) in [5.41, 5.74) is 0.723. The monoisotopic (exact) mass is 405 g/mol. The maximum atomic E-state index is 14.5. The molecule has 1 saturated heterocycles. The van der Waals surface area contributed by atoms with Crippen molar-refractivity contribution in [2.24, 2.45) is 0 Å². The lowest BCUT2D eigenvalue weighted by Crippen LogP contribution is -2.35. The number of cyclic esters (lactones) is 1. The van der Waals surface area contributed by atoms with Crippen LogP contribution in [0.25, 0.3) is 0 Å². The summed E-state index contributed by atoms with van der Waals surface area (Å²) in [7, 11) is 1.22. The fourth-order valence-corrected chi connectivity index (χ4v) is 3.23. The van der Waals surface area contributed by atoms with Gasteiger partial charge in [0.05, 0.1) is 31.0 Å². The van der Waals surface area contributed by atoms with E-state index in [4.69, 9.17) is 9.47 Å². The number of hydrogen-bond donors (Lipinski definition) is 0. The average Bonchev–Trinajstić information content (AvgIpc) is 3.08. The van der Waals surface area contributed by atoms with E-state index in [0.717, 1.165) is 11.6 Å². The minimum atomic E-state index is -3.88. The Labute approximate surface area is 167 Å². The van der Waals surface area contributed by atoms with Crippen molar-refractivity contribution in [1.82, 2.24) is 0 Å². The van der Waals surface area contributed by atoms with Gasteiger partial charge in [0, 0.05) is 6.07 Å². The molecule has 1 heterocycles. The molecule has 0 aliphatic carbocycles. The Balaban J connectivity index is 1.91. The first-order valence-corrected chi connectivity index (χ1v) is 9.12. The van der Waals surface area contributed by atoms with Crippen LogP contribution in [0.2, 0.25) is 0 Å². The van der Waals surface area contributed by atoms with Crippen molar-refractivity contribution in [1.29, 1.82) is 0 Å². The Kier molecular flexibility index (Phi) is 6.00. The molecule has 8 heteroatoms. The highest BCUT2D eigenvalue weighted by atomic mass is 19.3. The van der Waals surface area contributed by atoms with Gasteiger partial charge in [0.2, 0.25) is 0 Å². The number of anilines is 1. The molecule has 0 saturated carbocycles. The number of esters is 1. The summed E-state index contributed by atoms with van der Waals surface area (Å²) >= 11 is 0. The first kappa shape index (κ1) is 20.6. The van der Waals surface area contributed by atoms with Crippen LogP contribution in [-0.2, 0) is 26.6 Å². The number of methoxy groups -OCH3 is 1. The number of ether oxygens (including phenoxy) is 3. The molecule has 1 amide bonds. The van der Waals surface area contributed by atoms with E-state index in [1.165, 1.54) is 31.1 Å². The molecule has 2 aromatic carbocycles. The number of halogens is 2. The maximum absolute atomic E-state index is 14.5. The normalized spacial score (nSPS) is 16.5. The standard InChI is InChI=1S/C21H21F2NO5/c1-3-28-19(25)21(22,23)17-10-9-15(12-18(17)27-2)24-16(13-29-20(24)26)11-14-7-5-4-6-8-14/h4-10,12,16H,3,11,13H2,1-2H3/t16-/m1/s1. The molecule has 29 heavy (non-hydrogen) atoms. The Bertz CT molecular complexity index is 888. The molecule has 0 spiro atoms. The van der Waals surface area contributed by atoms with Gasteiger partial charge in [-0.3, -0.25) is 4.90 Å². The van der Waals surface area contributed by atoms with Crippen LogP contribution in [0.4, 0.5) is 19.3 Å². The maximum Gasteiger partial charge on any atom is 0.414 e. The SMILES string of the molecule is CCOC(=O)C(F)(F)c1ccc(N2C(=O)OC[C@H]2Cc2ccccc2)cc1OC. The number of hydrogen-bond acceptors (Lipinski definition) is 5. The summed E-state index contributed by atoms with van der Waals surface area (Å²) in [5, 5.41) is 0. The zero-order valence-corrected chi connectivity index (χ0v) is 16.1. The van der Waals surface area contributed by atoms with Crippen LogP contribution < -0.4 is 9.64 Å². The quantitative estimate of drug-likeness (QED) is 0.654. The highest BCUT2D eigenvalue weighted by Gasteiger charge is 2.45. The molecular formula is C21H21F2NO5. The van der Waals surface area contributed by atoms with Gasteiger partial charge in [0.15, 0.2) is 0 Å². The topological polar surface area (TPSA) is 65.1 Å². The van der Waals surface area contributed by atoms with E-state index in [1.54, 1.807) is 0 Å². The zero-order valence-electron chi connectivity index (χ0n) is 16.1. The van der Waals surface area contributed by atoms with Gasteiger partial charge < -0.3 is 14.2 Å². The van der Waals surface area contributed by atoms with Crippen LogP contribution in [0.1, 0.15) is 18.1 Å². The molecule has 154 valence electrons. The van der Waals surface area contributed by atoms with Crippen molar-refractivity contribution in [3.8, 4) is 5.75 Å². The lowest BCUT2D eigenvalue weighted by atomic mass is 10.0. The van der Waals surface area contributed by atoms with Gasteiger partial charge in [-0.15, -0.1) is 0 Å². The van der Waals surface area contributed by atoms with Crippen molar-refractivity contribution in [2.75, 3.05) is 25.2 Å². The largest absolute Gasteiger partial charge is 0.496 e. The molecule has 6 nitrogen and oxygen atoms in total. The molecule has 0 unspecified atom stereocenters. The minimum Gasteiger partial charge on any atom is -0.496 e. The summed E-state index contributed by atoms with van der Waals surface area (Å²) in [5.74, 6) is -5.76. The van der Waals surface area contributed by atoms with Crippen LogP contribution in [0.5, 0.6) is 5.75 Å². The number of carbonyl (C=O) groups is 2. The molecule has 1 aliphatic heterocycles. The second kappa shape index (κ2) is 8.46. The molecule has 1 fully saturated rings. The first-order chi connectivity index (χ1) is 13.9. The van der Waals surface area contributed by atoms with Gasteiger partial charge >= 0.3 is 18.0 Å². The van der Waals surface area contributed by atoms with Crippen LogP contribution >= 0.6 is 0 Å². The Morgan fingerprint density at radius 3 is 2.62 bits per heavy atom. The van der Waals surface area contributed by atoms with Gasteiger partial charge in [-0.25, -0.2) is 9.59 Å². The number of benzene rings is 2. The molecule has 0 N–H and O–H groups in total. The second-order valence-corrected chi connectivity index (χ2v) is 6.47. The molecule has 0 radical (unpaired) electrons. The van der Waals surface area contributed by atoms with E-state index >= 15 is 0 Å². The number of amides is 1. The third-order valence-corrected chi connectivity index (χ3v) is 4.61. The van der Waals surface area contributed by atoms with Crippen molar-refractivity contribution < 1.29 is 32.6 Å². The molecule has 1 atom stereocenters. The van der Waals surface area contributed by atoms with Gasteiger partial charge in [0.1, 0.15) is 12.4 Å². The summed E-state index contributed by atoms with van der Waals surface area (Å²) in [6, 6.07) is 13.0. The lowest BCUT2D eigenvalue weighted by molar-refractivity contribution is -0.173. The van der Waals surface area contributed by atoms with Crippen LogP contribution in [0.3, 0.4) is 0 Å². The third kappa shape index (κ3) is 4.16. The van der Waals surface area contributed by atoms with E-state index in [0.29, 0.717) is 12.1 Å². The predicted octanol–water partition coefficient (Wildman–Crippen LogP) is 3.92. The van der Waals surface area contributed by atoms with Crippen molar-refractivity contribution in [3.05, 3.63) is 59.7 Å². The number of alkyl halides is 2. The van der Waals surface area contributed by atoms with E-state index in [9.17, 15) is 18.4 Å². The molecule has 2 aromatic rings. The molecular weight excluding hydrogens is 384 g/mol. The fraction of sp³-hybridized carbons (Fsp3) is 0.333. The second-order valence-electron chi connectivity index (χ2n) is 6.47. The van der Waals surface area contributed by atoms with Gasteiger partial charge in [0.25, 0.3) is 0 Å². The Hall–Kier alpha value is -3.16. The van der Waals surface area contributed by atoms with Crippen molar-refractivity contribution in [2.45, 2.75) is 25.3 Å². The van der Waals surface area contributed by atoms with Crippen molar-refractivity contribution in [3.63, 3.8) is 0 Å². The smallest absolute Gasteiger partial charge is 0.414 e. The van der Waals surface area contributed by atoms with Gasteiger partial charge in [-0.1, -0.05) is 30.3 Å². The lowest BCUT2D eigenvalue weighted by Gasteiger charge is -2.24. The van der Waals surface area contributed by atoms with Gasteiger partial charge in [-0.05, 0) is 31.0 Å². The Morgan fingerprint density at radius 1 is 1.24 bits per heavy atom. The van der Waals surface area contributed by atoms with E-state index in [2.05, 4.69) is 4.74 Å². The number of carbonyl (C=O) groups excluding carboxylic acids is 2. The first-order valence-electron chi connectivity index (χ1n) is 9.12. The van der Waals surface area contributed by atoms with Crippen LogP contribution in [-0.4, -0.2) is 38.4 Å². The predicted molar refractivity (Wildman–Crippen MR) is 101 cm³/mol. The summed E-state index contributed by atoms with van der Waals surface area (Å²) in [6.45, 7) is 1.45. The van der Waals surface area contributed by atoms with Crippen LogP contribution in [0, 0.1) is 0 Å².